The molecule has 0 spiro atoms. The maximum absolute atomic E-state index is 10.9. The van der Waals surface area contributed by atoms with E-state index in [1.54, 1.807) is 0 Å². The molecule has 0 saturated carbocycles. The standard InChI is InChI=1S/2C9H14O6.C6H5I/c2*1-6(10)14-4-9(3,8(12)13)5-15-7(2)11;7-6-4-2-1-3-5-6/h2*4-5H2,1-3H3,(H,12,13);1-5H. The van der Waals surface area contributed by atoms with Crippen LogP contribution in [0.25, 0.3) is 0 Å². The fraction of sp³-hybridized carbons (Fsp3) is 0.500. The number of carbonyl (C=O) groups is 6. The van der Waals surface area contributed by atoms with Gasteiger partial charge in [-0.1, -0.05) is 18.2 Å². The summed E-state index contributed by atoms with van der Waals surface area (Å²) in [6.07, 6.45) is 0. The van der Waals surface area contributed by atoms with Crippen LogP contribution in [-0.4, -0.2) is 72.5 Å². The highest BCUT2D eigenvalue weighted by Gasteiger charge is 2.37. The molecule has 12 nitrogen and oxygen atoms in total. The van der Waals surface area contributed by atoms with E-state index < -0.39 is 46.6 Å². The van der Waals surface area contributed by atoms with Crippen LogP contribution in [0.2, 0.25) is 0 Å². The topological polar surface area (TPSA) is 180 Å². The molecule has 0 aromatic heterocycles. The second-order valence-corrected chi connectivity index (χ2v) is 9.39. The van der Waals surface area contributed by atoms with Crippen molar-refractivity contribution < 1.29 is 57.9 Å². The van der Waals surface area contributed by atoms with Crippen LogP contribution in [0.3, 0.4) is 0 Å². The summed E-state index contributed by atoms with van der Waals surface area (Å²) in [4.78, 5) is 63.8. The Balaban J connectivity index is 0. The van der Waals surface area contributed by atoms with Crippen LogP contribution >= 0.6 is 22.6 Å². The summed E-state index contributed by atoms with van der Waals surface area (Å²) >= 11 is 2.28. The van der Waals surface area contributed by atoms with Crippen LogP contribution in [0.5, 0.6) is 0 Å². The molecule has 0 fully saturated rings. The zero-order valence-corrected chi connectivity index (χ0v) is 23.7. The number of halogens is 1. The maximum atomic E-state index is 10.9. The predicted molar refractivity (Wildman–Crippen MR) is 137 cm³/mol. The average molecular weight is 640 g/mol. The van der Waals surface area contributed by atoms with E-state index in [1.165, 1.54) is 45.1 Å². The van der Waals surface area contributed by atoms with Crippen molar-refractivity contribution in [3.05, 3.63) is 33.9 Å². The fourth-order valence-electron chi connectivity index (χ4n) is 1.79. The molecule has 0 amide bonds. The van der Waals surface area contributed by atoms with E-state index in [0.717, 1.165) is 0 Å². The zero-order chi connectivity index (χ0) is 29.2. The van der Waals surface area contributed by atoms with Crippen LogP contribution in [-0.2, 0) is 47.7 Å². The highest BCUT2D eigenvalue weighted by Crippen LogP contribution is 2.19. The Morgan fingerprint density at radius 3 is 1.00 bits per heavy atom. The van der Waals surface area contributed by atoms with E-state index in [4.69, 9.17) is 10.2 Å². The maximum Gasteiger partial charge on any atom is 0.316 e. The first-order valence-electron chi connectivity index (χ1n) is 10.7. The largest absolute Gasteiger partial charge is 0.481 e. The number of carboxylic acids is 2. The van der Waals surface area contributed by atoms with Crippen LogP contribution in [0.15, 0.2) is 30.3 Å². The molecule has 0 aliphatic heterocycles. The number of benzene rings is 1. The lowest BCUT2D eigenvalue weighted by molar-refractivity contribution is -0.166. The third-order valence-electron chi connectivity index (χ3n) is 4.14. The van der Waals surface area contributed by atoms with Crippen LogP contribution < -0.4 is 0 Å². The molecule has 1 rings (SSSR count). The van der Waals surface area contributed by atoms with Crippen LogP contribution in [0, 0.1) is 14.4 Å². The number of hydrogen-bond donors (Lipinski definition) is 2. The smallest absolute Gasteiger partial charge is 0.316 e. The molecular weight excluding hydrogens is 607 g/mol. The van der Waals surface area contributed by atoms with Crippen molar-refractivity contribution in [2.24, 2.45) is 10.8 Å². The van der Waals surface area contributed by atoms with Gasteiger partial charge in [0.2, 0.25) is 0 Å². The van der Waals surface area contributed by atoms with Gasteiger partial charge in [0.15, 0.2) is 0 Å². The number of esters is 4. The van der Waals surface area contributed by atoms with Crippen molar-refractivity contribution in [3.8, 4) is 0 Å². The first kappa shape index (κ1) is 35.9. The number of carboxylic acid groups (broad SMARTS) is 2. The summed E-state index contributed by atoms with van der Waals surface area (Å²) in [6.45, 7) is 6.05. The molecule has 0 unspecified atom stereocenters. The molecule has 0 bridgehead atoms. The lowest BCUT2D eigenvalue weighted by Gasteiger charge is -2.23. The number of aliphatic carboxylic acids is 2. The summed E-state index contributed by atoms with van der Waals surface area (Å²) in [6, 6.07) is 10.2. The summed E-state index contributed by atoms with van der Waals surface area (Å²) in [5.74, 6) is -4.69. The molecule has 1 aromatic carbocycles. The first-order chi connectivity index (χ1) is 16.9. The van der Waals surface area contributed by atoms with Gasteiger partial charge in [0.1, 0.15) is 37.3 Å². The second-order valence-electron chi connectivity index (χ2n) is 8.15. The summed E-state index contributed by atoms with van der Waals surface area (Å²) in [5, 5.41) is 17.8. The van der Waals surface area contributed by atoms with E-state index >= 15 is 0 Å². The van der Waals surface area contributed by atoms with E-state index in [2.05, 4.69) is 53.7 Å². The Morgan fingerprint density at radius 2 is 0.865 bits per heavy atom. The number of hydrogen-bond acceptors (Lipinski definition) is 10. The van der Waals surface area contributed by atoms with Gasteiger partial charge in [0.05, 0.1) is 0 Å². The monoisotopic (exact) mass is 640 g/mol. The molecule has 0 aliphatic carbocycles. The molecule has 37 heavy (non-hydrogen) atoms. The van der Waals surface area contributed by atoms with Gasteiger partial charge in [-0.05, 0) is 48.6 Å². The molecule has 0 heterocycles. The fourth-order valence-corrected chi connectivity index (χ4v) is 2.20. The third kappa shape index (κ3) is 18.7. The summed E-state index contributed by atoms with van der Waals surface area (Å²) in [7, 11) is 0. The van der Waals surface area contributed by atoms with Gasteiger partial charge in [0.25, 0.3) is 0 Å². The van der Waals surface area contributed by atoms with E-state index in [1.807, 2.05) is 18.2 Å². The van der Waals surface area contributed by atoms with Crippen LogP contribution in [0.1, 0.15) is 41.5 Å². The molecule has 2 N–H and O–H groups in total. The Labute approximate surface area is 228 Å². The van der Waals surface area contributed by atoms with Crippen molar-refractivity contribution in [1.82, 2.24) is 0 Å². The molecule has 13 heteroatoms. The van der Waals surface area contributed by atoms with Gasteiger partial charge in [-0.3, -0.25) is 28.8 Å². The Morgan fingerprint density at radius 1 is 0.622 bits per heavy atom. The third-order valence-corrected chi connectivity index (χ3v) is 4.86. The molecule has 208 valence electrons. The minimum absolute atomic E-state index is 0.328. The normalized spacial score (nSPS) is 10.2. The Kier molecular flexibility index (Phi) is 17.6. The molecule has 1 aromatic rings. The minimum Gasteiger partial charge on any atom is -0.481 e. The number of rotatable bonds is 10. The highest BCUT2D eigenvalue weighted by molar-refractivity contribution is 14.1. The SMILES string of the molecule is CC(=O)OCC(C)(COC(C)=O)C(=O)O.CC(=O)OCC(C)(COC(C)=O)C(=O)O.Ic1ccccc1. The predicted octanol–water partition coefficient (Wildman–Crippen LogP) is 2.70. The van der Waals surface area contributed by atoms with Crippen molar-refractivity contribution in [2.75, 3.05) is 26.4 Å². The quantitative estimate of drug-likeness (QED) is 0.217. The number of carbonyl (C=O) groups excluding carboxylic acids is 4. The van der Waals surface area contributed by atoms with Crippen molar-refractivity contribution in [1.29, 1.82) is 0 Å². The van der Waals surface area contributed by atoms with Gasteiger partial charge in [-0.15, -0.1) is 0 Å². The Bertz CT molecular complexity index is 822. The number of ether oxygens (including phenoxy) is 4. The van der Waals surface area contributed by atoms with Crippen molar-refractivity contribution in [3.63, 3.8) is 0 Å². The van der Waals surface area contributed by atoms with Gasteiger partial charge in [-0.25, -0.2) is 0 Å². The van der Waals surface area contributed by atoms with Crippen molar-refractivity contribution in [2.45, 2.75) is 41.5 Å². The highest BCUT2D eigenvalue weighted by atomic mass is 127. The lowest BCUT2D eigenvalue weighted by atomic mass is 9.93. The van der Waals surface area contributed by atoms with Gasteiger partial charge < -0.3 is 29.2 Å². The molecule has 0 aliphatic rings. The summed E-state index contributed by atoms with van der Waals surface area (Å²) in [5.41, 5.74) is -2.81. The summed E-state index contributed by atoms with van der Waals surface area (Å²) < 4.78 is 19.6. The van der Waals surface area contributed by atoms with Gasteiger partial charge in [-0.2, -0.15) is 0 Å². The van der Waals surface area contributed by atoms with E-state index in [-0.39, 0.29) is 26.4 Å². The molecule has 0 atom stereocenters. The average Bonchev–Trinajstić information content (AvgIpc) is 2.80. The second kappa shape index (κ2) is 18.1. The van der Waals surface area contributed by atoms with Crippen LogP contribution in [0.4, 0.5) is 0 Å². The van der Waals surface area contributed by atoms with E-state index in [0.29, 0.717) is 0 Å². The molecular formula is C24H33IO12. The Hall–Kier alpha value is -3.23. The zero-order valence-electron chi connectivity index (χ0n) is 21.6. The minimum atomic E-state index is -1.41. The molecule has 0 radical (unpaired) electrons. The lowest BCUT2D eigenvalue weighted by Crippen LogP contribution is -2.38. The van der Waals surface area contributed by atoms with Gasteiger partial charge in [0, 0.05) is 31.3 Å². The van der Waals surface area contributed by atoms with Crippen molar-refractivity contribution >= 4 is 58.4 Å². The molecule has 0 saturated heterocycles. The van der Waals surface area contributed by atoms with Gasteiger partial charge >= 0.3 is 35.8 Å². The van der Waals surface area contributed by atoms with E-state index in [9.17, 15) is 28.8 Å². The first-order valence-corrected chi connectivity index (χ1v) is 11.7.